The van der Waals surface area contributed by atoms with Gasteiger partial charge in [0, 0.05) is 32.6 Å². The minimum absolute atomic E-state index is 0.0631. The standard InChI is InChI=1S/C21H29N5O3/c1-13-11-16(15-7-6-8-22-12-15)29-21(28)17(13)20(27)23-18-14(2)25(3)24-19(18)26-9-4-5-10-26/h11,15,22H,4-10,12H2,1-3H3,(H,23,27). The minimum atomic E-state index is -0.577. The Morgan fingerprint density at radius 3 is 2.69 bits per heavy atom. The predicted octanol–water partition coefficient (Wildman–Crippen LogP) is 2.31. The van der Waals surface area contributed by atoms with E-state index < -0.39 is 11.5 Å². The lowest BCUT2D eigenvalue weighted by atomic mass is 9.95. The Balaban J connectivity index is 1.62. The fourth-order valence-corrected chi connectivity index (χ4v) is 4.27. The lowest BCUT2D eigenvalue weighted by Gasteiger charge is -2.22. The number of amides is 1. The third-order valence-electron chi connectivity index (χ3n) is 6.05. The molecule has 8 heteroatoms. The number of piperidine rings is 1. The van der Waals surface area contributed by atoms with Crippen LogP contribution in [0.2, 0.25) is 0 Å². The number of nitrogens with one attached hydrogen (secondary N) is 2. The molecule has 156 valence electrons. The van der Waals surface area contributed by atoms with Crippen LogP contribution in [0.15, 0.2) is 15.3 Å². The van der Waals surface area contributed by atoms with Crippen molar-refractivity contribution in [3.05, 3.63) is 39.1 Å². The van der Waals surface area contributed by atoms with Crippen LogP contribution in [-0.4, -0.2) is 41.9 Å². The monoisotopic (exact) mass is 399 g/mol. The fraction of sp³-hybridized carbons (Fsp3) is 0.571. The first-order valence-electron chi connectivity index (χ1n) is 10.4. The van der Waals surface area contributed by atoms with Crippen molar-refractivity contribution in [2.24, 2.45) is 7.05 Å². The molecule has 0 saturated carbocycles. The van der Waals surface area contributed by atoms with Crippen LogP contribution in [-0.2, 0) is 7.05 Å². The Morgan fingerprint density at radius 1 is 1.28 bits per heavy atom. The van der Waals surface area contributed by atoms with Crippen molar-refractivity contribution in [2.75, 3.05) is 36.4 Å². The molecule has 2 aromatic heterocycles. The summed E-state index contributed by atoms with van der Waals surface area (Å²) in [4.78, 5) is 27.9. The van der Waals surface area contributed by atoms with E-state index in [1.165, 1.54) is 0 Å². The van der Waals surface area contributed by atoms with Crippen molar-refractivity contribution in [1.29, 1.82) is 0 Å². The molecule has 0 aliphatic carbocycles. The van der Waals surface area contributed by atoms with E-state index in [-0.39, 0.29) is 11.5 Å². The summed E-state index contributed by atoms with van der Waals surface area (Å²) in [6, 6.07) is 1.84. The van der Waals surface area contributed by atoms with Crippen molar-refractivity contribution in [3.8, 4) is 0 Å². The van der Waals surface area contributed by atoms with Crippen molar-refractivity contribution in [2.45, 2.75) is 45.4 Å². The largest absolute Gasteiger partial charge is 0.427 e. The zero-order valence-corrected chi connectivity index (χ0v) is 17.4. The Kier molecular flexibility index (Phi) is 5.45. The second kappa shape index (κ2) is 8.02. The number of anilines is 2. The van der Waals surface area contributed by atoms with Gasteiger partial charge in [0.15, 0.2) is 5.82 Å². The molecule has 2 fully saturated rings. The second-order valence-electron chi connectivity index (χ2n) is 8.09. The van der Waals surface area contributed by atoms with Crippen molar-refractivity contribution in [3.63, 3.8) is 0 Å². The molecule has 8 nitrogen and oxygen atoms in total. The first kappa shape index (κ1) is 19.7. The van der Waals surface area contributed by atoms with Gasteiger partial charge in [-0.3, -0.25) is 9.48 Å². The molecule has 2 aliphatic heterocycles. The average molecular weight is 399 g/mol. The van der Waals surface area contributed by atoms with Gasteiger partial charge in [-0.2, -0.15) is 5.10 Å². The normalized spacial score (nSPS) is 19.6. The summed E-state index contributed by atoms with van der Waals surface area (Å²) in [6.07, 6.45) is 4.26. The first-order valence-corrected chi connectivity index (χ1v) is 10.4. The van der Waals surface area contributed by atoms with Crippen LogP contribution < -0.4 is 21.2 Å². The molecule has 1 amide bonds. The molecular weight excluding hydrogens is 370 g/mol. The smallest absolute Gasteiger partial charge is 0.349 e. The van der Waals surface area contributed by atoms with Crippen LogP contribution in [0.1, 0.15) is 59.0 Å². The van der Waals surface area contributed by atoms with Gasteiger partial charge >= 0.3 is 5.63 Å². The van der Waals surface area contributed by atoms with Gasteiger partial charge in [-0.25, -0.2) is 4.79 Å². The Hall–Kier alpha value is -2.61. The van der Waals surface area contributed by atoms with E-state index in [4.69, 9.17) is 4.42 Å². The highest BCUT2D eigenvalue weighted by atomic mass is 16.4. The van der Waals surface area contributed by atoms with Gasteiger partial charge < -0.3 is 20.0 Å². The molecule has 2 aromatic rings. The third-order valence-corrected chi connectivity index (χ3v) is 6.05. The summed E-state index contributed by atoms with van der Waals surface area (Å²) in [5, 5.41) is 10.8. The van der Waals surface area contributed by atoms with Gasteiger partial charge in [-0.1, -0.05) is 0 Å². The topological polar surface area (TPSA) is 92.4 Å². The van der Waals surface area contributed by atoms with Crippen LogP contribution >= 0.6 is 0 Å². The zero-order valence-electron chi connectivity index (χ0n) is 17.4. The zero-order chi connectivity index (χ0) is 20.5. The van der Waals surface area contributed by atoms with E-state index in [1.807, 2.05) is 20.0 Å². The fourth-order valence-electron chi connectivity index (χ4n) is 4.27. The van der Waals surface area contributed by atoms with E-state index >= 15 is 0 Å². The number of nitrogens with zero attached hydrogens (tertiary/aromatic N) is 3. The highest BCUT2D eigenvalue weighted by Gasteiger charge is 2.26. The summed E-state index contributed by atoms with van der Waals surface area (Å²) in [5.41, 5.74) is 1.65. The van der Waals surface area contributed by atoms with Gasteiger partial charge in [0.05, 0.1) is 5.69 Å². The van der Waals surface area contributed by atoms with Gasteiger partial charge in [-0.15, -0.1) is 0 Å². The van der Waals surface area contributed by atoms with E-state index in [1.54, 1.807) is 11.6 Å². The van der Waals surface area contributed by atoms with Crippen molar-refractivity contribution in [1.82, 2.24) is 15.1 Å². The van der Waals surface area contributed by atoms with Crippen LogP contribution in [0.4, 0.5) is 11.5 Å². The molecule has 29 heavy (non-hydrogen) atoms. The molecule has 1 atom stereocenters. The van der Waals surface area contributed by atoms with E-state index in [9.17, 15) is 9.59 Å². The highest BCUT2D eigenvalue weighted by Crippen LogP contribution is 2.31. The summed E-state index contributed by atoms with van der Waals surface area (Å²) < 4.78 is 7.33. The summed E-state index contributed by atoms with van der Waals surface area (Å²) in [6.45, 7) is 7.33. The summed E-state index contributed by atoms with van der Waals surface area (Å²) in [5.74, 6) is 1.16. The third kappa shape index (κ3) is 3.81. The van der Waals surface area contributed by atoms with E-state index in [0.29, 0.717) is 17.0 Å². The maximum Gasteiger partial charge on any atom is 0.349 e. The minimum Gasteiger partial charge on any atom is -0.427 e. The maximum absolute atomic E-state index is 13.0. The summed E-state index contributed by atoms with van der Waals surface area (Å²) >= 11 is 0. The van der Waals surface area contributed by atoms with Gasteiger partial charge in [0.1, 0.15) is 17.0 Å². The molecule has 1 unspecified atom stereocenters. The first-order chi connectivity index (χ1) is 14.0. The molecule has 2 N–H and O–H groups in total. The number of aromatic nitrogens is 2. The number of carbonyl (C=O) groups is 1. The van der Waals surface area contributed by atoms with Crippen LogP contribution in [0.3, 0.4) is 0 Å². The van der Waals surface area contributed by atoms with Crippen molar-refractivity contribution >= 4 is 17.4 Å². The van der Waals surface area contributed by atoms with Crippen LogP contribution in [0, 0.1) is 13.8 Å². The quantitative estimate of drug-likeness (QED) is 0.820. The highest BCUT2D eigenvalue weighted by molar-refractivity contribution is 6.06. The Labute approximate surface area is 170 Å². The molecule has 4 rings (SSSR count). The second-order valence-corrected chi connectivity index (χ2v) is 8.09. The van der Waals surface area contributed by atoms with Crippen LogP contribution in [0.5, 0.6) is 0 Å². The molecule has 0 aromatic carbocycles. The average Bonchev–Trinajstić information content (AvgIpc) is 3.32. The molecule has 2 aliphatic rings. The molecule has 0 radical (unpaired) electrons. The summed E-state index contributed by atoms with van der Waals surface area (Å²) in [7, 11) is 1.86. The SMILES string of the molecule is Cc1cc(C2CCCNC2)oc(=O)c1C(=O)Nc1c(N2CCCC2)nn(C)c1C. The Morgan fingerprint density at radius 2 is 2.03 bits per heavy atom. The Bertz CT molecular complexity index is 965. The predicted molar refractivity (Wildman–Crippen MR) is 112 cm³/mol. The number of aryl methyl sites for hydroxylation is 2. The molecule has 2 saturated heterocycles. The molecule has 4 heterocycles. The molecular formula is C21H29N5O3. The van der Waals surface area contributed by atoms with E-state index in [0.717, 1.165) is 63.4 Å². The lowest BCUT2D eigenvalue weighted by Crippen LogP contribution is -2.30. The van der Waals surface area contributed by atoms with Gasteiger partial charge in [-0.05, 0) is 57.7 Å². The number of hydrogen-bond donors (Lipinski definition) is 2. The number of hydrogen-bond acceptors (Lipinski definition) is 6. The van der Waals surface area contributed by atoms with E-state index in [2.05, 4.69) is 20.6 Å². The number of carbonyl (C=O) groups excluding carboxylic acids is 1. The van der Waals surface area contributed by atoms with Crippen molar-refractivity contribution < 1.29 is 9.21 Å². The molecule has 0 spiro atoms. The van der Waals surface area contributed by atoms with Crippen LogP contribution in [0.25, 0.3) is 0 Å². The molecule has 0 bridgehead atoms. The maximum atomic E-state index is 13.0. The number of rotatable bonds is 4. The van der Waals surface area contributed by atoms with Gasteiger partial charge in [0.25, 0.3) is 5.91 Å². The van der Waals surface area contributed by atoms with Gasteiger partial charge in [0.2, 0.25) is 0 Å². The lowest BCUT2D eigenvalue weighted by molar-refractivity contribution is 0.102.